The quantitative estimate of drug-likeness (QED) is 0.741. The van der Waals surface area contributed by atoms with Crippen molar-refractivity contribution in [2.24, 2.45) is 5.92 Å². The topological polar surface area (TPSA) is 41.1 Å². The van der Waals surface area contributed by atoms with Gasteiger partial charge in [0.05, 0.1) is 5.69 Å². The van der Waals surface area contributed by atoms with Crippen LogP contribution in [0, 0.1) is 5.92 Å². The second-order valence-corrected chi connectivity index (χ2v) is 3.97. The third kappa shape index (κ3) is 1.13. The van der Waals surface area contributed by atoms with Crippen molar-refractivity contribution < 1.29 is 4.79 Å². The smallest absolute Gasteiger partial charge is 0.159 e. The van der Waals surface area contributed by atoms with E-state index in [9.17, 15) is 4.79 Å². The van der Waals surface area contributed by atoms with Crippen molar-refractivity contribution >= 4 is 11.5 Å². The SMILES string of the molecule is O=C(C1CC1)C1NNc2ccccc21. The van der Waals surface area contributed by atoms with Gasteiger partial charge in [-0.1, -0.05) is 18.2 Å². The van der Waals surface area contributed by atoms with Crippen molar-refractivity contribution in [3.8, 4) is 0 Å². The molecule has 1 aromatic carbocycles. The van der Waals surface area contributed by atoms with Gasteiger partial charge in [0.2, 0.25) is 0 Å². The number of fused-ring (bicyclic) bond motifs is 1. The Bertz CT molecular complexity index is 385. The number of para-hydroxylation sites is 1. The Hall–Kier alpha value is -1.35. The lowest BCUT2D eigenvalue weighted by Crippen LogP contribution is -2.27. The van der Waals surface area contributed by atoms with Crippen LogP contribution in [0.3, 0.4) is 0 Å². The Kier molecular flexibility index (Phi) is 1.61. The van der Waals surface area contributed by atoms with Crippen molar-refractivity contribution in [3.05, 3.63) is 29.8 Å². The molecule has 0 bridgehead atoms. The van der Waals surface area contributed by atoms with Gasteiger partial charge >= 0.3 is 0 Å². The summed E-state index contributed by atoms with van der Waals surface area (Å²) in [5.74, 6) is 0.642. The Morgan fingerprint density at radius 3 is 2.86 bits per heavy atom. The number of hydrazine groups is 1. The molecule has 1 unspecified atom stereocenters. The predicted molar refractivity (Wildman–Crippen MR) is 53.7 cm³/mol. The van der Waals surface area contributed by atoms with Crippen LogP contribution in [0.5, 0.6) is 0 Å². The first-order valence-electron chi connectivity index (χ1n) is 5.00. The highest BCUT2D eigenvalue weighted by molar-refractivity contribution is 5.91. The summed E-state index contributed by atoms with van der Waals surface area (Å²) in [7, 11) is 0. The number of hydrogen-bond donors (Lipinski definition) is 2. The molecule has 3 nitrogen and oxygen atoms in total. The second-order valence-electron chi connectivity index (χ2n) is 3.97. The molecule has 0 radical (unpaired) electrons. The van der Waals surface area contributed by atoms with Crippen LogP contribution in [-0.2, 0) is 4.79 Å². The second kappa shape index (κ2) is 2.82. The summed E-state index contributed by atoms with van der Waals surface area (Å²) in [5.41, 5.74) is 8.21. The molecule has 0 amide bonds. The van der Waals surface area contributed by atoms with E-state index in [1.54, 1.807) is 0 Å². The van der Waals surface area contributed by atoms with Crippen LogP contribution in [0.25, 0.3) is 0 Å². The lowest BCUT2D eigenvalue weighted by molar-refractivity contribution is -0.122. The summed E-state index contributed by atoms with van der Waals surface area (Å²) >= 11 is 0. The van der Waals surface area contributed by atoms with Crippen molar-refractivity contribution in [1.82, 2.24) is 5.43 Å². The van der Waals surface area contributed by atoms with Crippen LogP contribution in [0.15, 0.2) is 24.3 Å². The molecule has 14 heavy (non-hydrogen) atoms. The van der Waals surface area contributed by atoms with Gasteiger partial charge in [-0.15, -0.1) is 0 Å². The largest absolute Gasteiger partial charge is 0.320 e. The van der Waals surface area contributed by atoms with E-state index in [1.165, 1.54) is 0 Å². The monoisotopic (exact) mass is 188 g/mol. The van der Waals surface area contributed by atoms with E-state index < -0.39 is 0 Å². The van der Waals surface area contributed by atoms with E-state index in [-0.39, 0.29) is 6.04 Å². The van der Waals surface area contributed by atoms with Gasteiger partial charge in [0.15, 0.2) is 5.78 Å². The fourth-order valence-electron chi connectivity index (χ4n) is 1.92. The van der Waals surface area contributed by atoms with E-state index >= 15 is 0 Å². The van der Waals surface area contributed by atoms with Crippen LogP contribution < -0.4 is 10.9 Å². The minimum absolute atomic E-state index is 0.126. The van der Waals surface area contributed by atoms with Crippen molar-refractivity contribution in [3.63, 3.8) is 0 Å². The van der Waals surface area contributed by atoms with Gasteiger partial charge in [0, 0.05) is 11.5 Å². The number of Topliss-reactive ketones (excluding diaryl/α,β-unsaturated/α-hetero) is 1. The fraction of sp³-hybridized carbons (Fsp3) is 0.364. The maximum Gasteiger partial charge on any atom is 0.159 e. The number of nitrogens with one attached hydrogen (secondary N) is 2. The minimum atomic E-state index is -0.126. The van der Waals surface area contributed by atoms with E-state index in [4.69, 9.17) is 0 Å². The van der Waals surface area contributed by atoms with Crippen molar-refractivity contribution in [2.75, 3.05) is 5.43 Å². The third-order valence-electron chi connectivity index (χ3n) is 2.89. The summed E-state index contributed by atoms with van der Waals surface area (Å²) in [5, 5.41) is 0. The molecule has 72 valence electrons. The molecular formula is C11H12N2O. The molecule has 1 atom stereocenters. The first-order chi connectivity index (χ1) is 6.86. The lowest BCUT2D eigenvalue weighted by Gasteiger charge is -2.07. The molecular weight excluding hydrogens is 176 g/mol. The average Bonchev–Trinajstić information content (AvgIpc) is 2.97. The van der Waals surface area contributed by atoms with Crippen LogP contribution in [0.4, 0.5) is 5.69 Å². The molecule has 0 saturated heterocycles. The van der Waals surface area contributed by atoms with Gasteiger partial charge in [-0.25, -0.2) is 5.43 Å². The van der Waals surface area contributed by atoms with Crippen LogP contribution in [0.2, 0.25) is 0 Å². The molecule has 1 aromatic rings. The minimum Gasteiger partial charge on any atom is -0.320 e. The molecule has 1 aliphatic heterocycles. The van der Waals surface area contributed by atoms with Gasteiger partial charge in [0.1, 0.15) is 6.04 Å². The summed E-state index contributed by atoms with van der Waals surface area (Å²) in [6.45, 7) is 0. The van der Waals surface area contributed by atoms with E-state index in [1.807, 2.05) is 24.3 Å². The summed E-state index contributed by atoms with van der Waals surface area (Å²) in [6.07, 6.45) is 2.14. The van der Waals surface area contributed by atoms with Gasteiger partial charge in [-0.2, -0.15) is 0 Å². The van der Waals surface area contributed by atoms with Crippen LogP contribution >= 0.6 is 0 Å². The zero-order valence-electron chi connectivity index (χ0n) is 7.79. The van der Waals surface area contributed by atoms with E-state index in [0.717, 1.165) is 24.1 Å². The van der Waals surface area contributed by atoms with E-state index in [2.05, 4.69) is 10.9 Å². The third-order valence-corrected chi connectivity index (χ3v) is 2.89. The molecule has 1 fully saturated rings. The number of carbonyl (C=O) groups is 1. The van der Waals surface area contributed by atoms with Gasteiger partial charge in [0.25, 0.3) is 0 Å². The van der Waals surface area contributed by atoms with Crippen LogP contribution in [0.1, 0.15) is 24.4 Å². The van der Waals surface area contributed by atoms with E-state index in [0.29, 0.717) is 11.7 Å². The molecule has 1 saturated carbocycles. The number of benzene rings is 1. The maximum atomic E-state index is 11.9. The van der Waals surface area contributed by atoms with Gasteiger partial charge in [-0.05, 0) is 18.9 Å². The number of ketones is 1. The molecule has 1 aliphatic carbocycles. The highest BCUT2D eigenvalue weighted by atomic mass is 16.1. The van der Waals surface area contributed by atoms with Gasteiger partial charge in [-0.3, -0.25) is 4.79 Å². The zero-order chi connectivity index (χ0) is 9.54. The first kappa shape index (κ1) is 8.00. The van der Waals surface area contributed by atoms with Crippen molar-refractivity contribution in [2.45, 2.75) is 18.9 Å². The molecule has 3 heteroatoms. The van der Waals surface area contributed by atoms with Gasteiger partial charge < -0.3 is 5.43 Å². The normalized spacial score (nSPS) is 24.1. The molecule has 0 aromatic heterocycles. The zero-order valence-corrected chi connectivity index (χ0v) is 7.79. The summed E-state index contributed by atoms with van der Waals surface area (Å²) in [6, 6.07) is 7.81. The number of carbonyl (C=O) groups excluding carboxylic acids is 1. The Morgan fingerprint density at radius 1 is 1.29 bits per heavy atom. The molecule has 0 spiro atoms. The maximum absolute atomic E-state index is 11.9. The predicted octanol–water partition coefficient (Wildman–Crippen LogP) is 1.64. The lowest BCUT2D eigenvalue weighted by atomic mass is 10.0. The highest BCUT2D eigenvalue weighted by Crippen LogP contribution is 2.38. The average molecular weight is 188 g/mol. The molecule has 2 N–H and O–H groups in total. The fourth-order valence-corrected chi connectivity index (χ4v) is 1.92. The number of hydrogen-bond acceptors (Lipinski definition) is 3. The molecule has 2 aliphatic rings. The molecule has 1 heterocycles. The van der Waals surface area contributed by atoms with Crippen LogP contribution in [-0.4, -0.2) is 5.78 Å². The Balaban J connectivity index is 1.93. The highest BCUT2D eigenvalue weighted by Gasteiger charge is 2.38. The summed E-state index contributed by atoms with van der Waals surface area (Å²) in [4.78, 5) is 11.9. The standard InChI is InChI=1S/C11H12N2O/c14-11(7-5-6-7)10-8-3-1-2-4-9(8)12-13-10/h1-4,7,10,12-13H,5-6H2. The first-order valence-corrected chi connectivity index (χ1v) is 5.00. The Morgan fingerprint density at radius 2 is 2.07 bits per heavy atom. The number of rotatable bonds is 2. The molecule has 3 rings (SSSR count). The summed E-state index contributed by atoms with van der Waals surface area (Å²) < 4.78 is 0. The van der Waals surface area contributed by atoms with Crippen molar-refractivity contribution in [1.29, 1.82) is 0 Å². The Labute approximate surface area is 82.5 Å². The number of anilines is 1.